The fraction of sp³-hybridized carbons (Fsp3) is 0.139. The molecule has 0 spiro atoms. The minimum absolute atomic E-state index is 0.00929. The summed E-state index contributed by atoms with van der Waals surface area (Å²) >= 11 is 0. The topological polar surface area (TPSA) is 110 Å². The van der Waals surface area contributed by atoms with Crippen molar-refractivity contribution >= 4 is 27.7 Å². The number of halogens is 3. The third kappa shape index (κ3) is 5.90. The number of hydrogen-bond acceptors (Lipinski definition) is 6. The van der Waals surface area contributed by atoms with Crippen LogP contribution in [0.2, 0.25) is 0 Å². The second-order valence-corrected chi connectivity index (χ2v) is 12.9. The van der Waals surface area contributed by atoms with Crippen LogP contribution in [0.4, 0.5) is 18.9 Å². The summed E-state index contributed by atoms with van der Waals surface area (Å²) in [6.07, 6.45) is -3.19. The van der Waals surface area contributed by atoms with Crippen LogP contribution in [0, 0.1) is 0 Å². The van der Waals surface area contributed by atoms with E-state index in [-0.39, 0.29) is 38.7 Å². The van der Waals surface area contributed by atoms with Crippen LogP contribution in [0.25, 0.3) is 33.5 Å². The van der Waals surface area contributed by atoms with E-state index in [9.17, 15) is 31.2 Å². The predicted octanol–water partition coefficient (Wildman–Crippen LogP) is 6.92. The number of nitrogens with two attached hydrogens (primary N) is 1. The highest BCUT2D eigenvalue weighted by Gasteiger charge is 2.43. The first kappa shape index (κ1) is 31.7. The van der Waals surface area contributed by atoms with Crippen LogP contribution in [-0.4, -0.2) is 49.8 Å². The highest BCUT2D eigenvalue weighted by atomic mass is 32.2. The van der Waals surface area contributed by atoms with Crippen LogP contribution in [-0.2, 0) is 19.4 Å². The minimum Gasteiger partial charge on any atom is -0.397 e. The zero-order chi connectivity index (χ0) is 33.3. The number of fused-ring (bicyclic) bond motifs is 3. The Morgan fingerprint density at radius 1 is 0.830 bits per heavy atom. The number of benzene rings is 4. The highest BCUT2D eigenvalue weighted by molar-refractivity contribution is 7.91. The van der Waals surface area contributed by atoms with Gasteiger partial charge in [-0.3, -0.25) is 9.78 Å². The molecule has 1 heterocycles. The lowest BCUT2D eigenvalue weighted by molar-refractivity contribution is -0.161. The molecule has 4 aromatic carbocycles. The van der Waals surface area contributed by atoms with Gasteiger partial charge in [-0.15, -0.1) is 0 Å². The summed E-state index contributed by atoms with van der Waals surface area (Å²) in [6.45, 7) is -2.06. The first-order chi connectivity index (χ1) is 22.5. The second-order valence-electron chi connectivity index (χ2n) is 11.1. The Kier molecular flexibility index (Phi) is 8.42. The number of rotatable bonds is 9. The molecule has 47 heavy (non-hydrogen) atoms. The summed E-state index contributed by atoms with van der Waals surface area (Å²) < 4.78 is 70.9. The van der Waals surface area contributed by atoms with E-state index >= 15 is 0 Å². The molecule has 5 aromatic rings. The molecular weight excluding hydrogens is 627 g/mol. The molecule has 0 bridgehead atoms. The van der Waals surface area contributed by atoms with Gasteiger partial charge in [0.05, 0.1) is 27.1 Å². The summed E-state index contributed by atoms with van der Waals surface area (Å²) in [7, 11) is -4.38. The van der Waals surface area contributed by atoms with Crippen LogP contribution < -0.4 is 5.73 Å². The molecule has 1 atom stereocenters. The Hall–Kier alpha value is -5.29. The molecule has 1 aromatic heterocycles. The number of amides is 1. The first-order valence-corrected chi connectivity index (χ1v) is 16.2. The van der Waals surface area contributed by atoms with Crippen molar-refractivity contribution in [2.75, 3.05) is 18.8 Å². The van der Waals surface area contributed by atoms with E-state index in [0.29, 0.717) is 39.0 Å². The molecular formula is C36H28F3N3O4S. The summed E-state index contributed by atoms with van der Waals surface area (Å²) in [6, 6.07) is 28.3. The lowest BCUT2D eigenvalue weighted by atomic mass is 9.89. The molecule has 1 aliphatic rings. The molecule has 1 unspecified atom stereocenters. The van der Waals surface area contributed by atoms with E-state index in [1.807, 2.05) is 6.07 Å². The van der Waals surface area contributed by atoms with Crippen molar-refractivity contribution in [3.8, 4) is 33.5 Å². The first-order valence-electron chi connectivity index (χ1n) is 14.7. The molecule has 0 radical (unpaired) electrons. The van der Waals surface area contributed by atoms with E-state index in [2.05, 4.69) is 4.98 Å². The summed E-state index contributed by atoms with van der Waals surface area (Å²) in [5, 5.41) is 0. The van der Waals surface area contributed by atoms with Gasteiger partial charge in [0.2, 0.25) is 15.7 Å². The van der Waals surface area contributed by atoms with E-state index in [1.165, 1.54) is 24.4 Å². The summed E-state index contributed by atoms with van der Waals surface area (Å²) in [5.74, 6) is -2.27. The average molecular weight is 656 g/mol. The van der Waals surface area contributed by atoms with E-state index in [0.717, 1.165) is 0 Å². The van der Waals surface area contributed by atoms with Crippen LogP contribution in [0.3, 0.4) is 0 Å². The summed E-state index contributed by atoms with van der Waals surface area (Å²) in [5.41, 5.74) is 9.34. The van der Waals surface area contributed by atoms with Crippen LogP contribution in [0.1, 0.15) is 23.5 Å². The Morgan fingerprint density at radius 2 is 1.51 bits per heavy atom. The Balaban J connectivity index is 1.65. The van der Waals surface area contributed by atoms with Crippen molar-refractivity contribution in [1.82, 2.24) is 9.88 Å². The number of alkyl halides is 3. The lowest BCUT2D eigenvalue weighted by Crippen LogP contribution is -2.42. The molecule has 0 fully saturated rings. The van der Waals surface area contributed by atoms with Gasteiger partial charge < -0.3 is 15.4 Å². The van der Waals surface area contributed by atoms with Gasteiger partial charge >= 0.3 is 6.18 Å². The fourth-order valence-corrected chi connectivity index (χ4v) is 7.88. The third-order valence-corrected chi connectivity index (χ3v) is 9.98. The van der Waals surface area contributed by atoms with Gasteiger partial charge in [0.15, 0.2) is 0 Å². The number of aldehydes is 1. The standard InChI is InChI=1S/C36H28F3N3O4S/c37-36(38,39)22-42(20-9-21-43)35(44)32-26-14-5-4-13-25(26)27-17-18-30(33(31(27)32)34-28(40)15-8-19-41-34)47(45,46)29-16-7-6-12-24(29)23-10-2-1-3-11-23/h1-8,10-19,21,32H,9,20,22,40H2. The minimum atomic E-state index is -4.75. The van der Waals surface area contributed by atoms with Gasteiger partial charge in [0, 0.05) is 30.3 Å². The number of carbonyl (C=O) groups excluding carboxylic acids is 2. The third-order valence-electron chi connectivity index (χ3n) is 8.13. The second kappa shape index (κ2) is 12.5. The molecule has 11 heteroatoms. The van der Waals surface area contributed by atoms with Gasteiger partial charge in [-0.1, -0.05) is 78.9 Å². The number of hydrogen-bond donors (Lipinski definition) is 1. The molecule has 1 amide bonds. The van der Waals surface area contributed by atoms with Gasteiger partial charge in [0.1, 0.15) is 12.8 Å². The maximum Gasteiger partial charge on any atom is 0.406 e. The highest BCUT2D eigenvalue weighted by Crippen LogP contribution is 2.52. The predicted molar refractivity (Wildman–Crippen MR) is 172 cm³/mol. The SMILES string of the molecule is Nc1cccnc1-c1c(S(=O)(=O)c2ccccc2-c2ccccc2)ccc2c1C(C(=O)N(CCC=O)CC(F)(F)F)c1ccccc1-2. The van der Waals surface area contributed by atoms with Crippen LogP contribution >= 0.6 is 0 Å². The van der Waals surface area contributed by atoms with Crippen molar-refractivity contribution in [3.63, 3.8) is 0 Å². The van der Waals surface area contributed by atoms with E-state index in [1.54, 1.807) is 78.9 Å². The van der Waals surface area contributed by atoms with Crippen LogP contribution in [0.15, 0.2) is 119 Å². The Morgan fingerprint density at radius 3 is 2.21 bits per heavy atom. The van der Waals surface area contributed by atoms with Gasteiger partial charge in [-0.2, -0.15) is 13.2 Å². The van der Waals surface area contributed by atoms with E-state index in [4.69, 9.17) is 5.73 Å². The normalized spacial score (nSPS) is 13.9. The van der Waals surface area contributed by atoms with Crippen molar-refractivity contribution in [2.24, 2.45) is 0 Å². The maximum atomic E-state index is 14.8. The van der Waals surface area contributed by atoms with Crippen molar-refractivity contribution in [2.45, 2.75) is 28.3 Å². The monoisotopic (exact) mass is 655 g/mol. The molecule has 238 valence electrons. The molecule has 0 aliphatic heterocycles. The van der Waals surface area contributed by atoms with Gasteiger partial charge in [0.25, 0.3) is 0 Å². The van der Waals surface area contributed by atoms with Gasteiger partial charge in [-0.05, 0) is 52.1 Å². The molecule has 0 saturated carbocycles. The number of pyridine rings is 1. The average Bonchev–Trinajstić information content (AvgIpc) is 3.40. The van der Waals surface area contributed by atoms with Gasteiger partial charge in [-0.25, -0.2) is 8.42 Å². The van der Waals surface area contributed by atoms with E-state index < -0.39 is 40.9 Å². The van der Waals surface area contributed by atoms with Crippen molar-refractivity contribution in [3.05, 3.63) is 120 Å². The molecule has 7 nitrogen and oxygen atoms in total. The zero-order valence-electron chi connectivity index (χ0n) is 24.8. The lowest BCUT2D eigenvalue weighted by Gasteiger charge is -2.28. The number of nitrogen functional groups attached to an aromatic ring is 1. The number of carbonyl (C=O) groups is 2. The number of sulfone groups is 1. The largest absolute Gasteiger partial charge is 0.406 e. The number of nitrogens with zero attached hydrogens (tertiary/aromatic N) is 2. The van der Waals surface area contributed by atoms with Crippen molar-refractivity contribution < 1.29 is 31.2 Å². The fourth-order valence-electron chi connectivity index (χ4n) is 6.19. The smallest absolute Gasteiger partial charge is 0.397 e. The molecule has 0 saturated heterocycles. The molecule has 6 rings (SSSR count). The quantitative estimate of drug-likeness (QED) is 0.173. The maximum absolute atomic E-state index is 14.8. The number of aromatic nitrogens is 1. The summed E-state index contributed by atoms with van der Waals surface area (Å²) in [4.78, 5) is 30.3. The zero-order valence-corrected chi connectivity index (χ0v) is 25.6. The Labute approximate surface area is 269 Å². The Bertz CT molecular complexity index is 2100. The van der Waals surface area contributed by atoms with Crippen molar-refractivity contribution in [1.29, 1.82) is 0 Å². The molecule has 1 aliphatic carbocycles. The number of anilines is 1. The van der Waals surface area contributed by atoms with Crippen LogP contribution in [0.5, 0.6) is 0 Å². The molecule has 2 N–H and O–H groups in total.